The Morgan fingerprint density at radius 3 is 2.67 bits per heavy atom. The zero-order valence-corrected chi connectivity index (χ0v) is 12.9. The van der Waals surface area contributed by atoms with E-state index in [9.17, 15) is 4.79 Å². The van der Waals surface area contributed by atoms with Gasteiger partial charge in [-0.15, -0.1) is 12.4 Å². The number of ether oxygens (including phenoxy) is 2. The van der Waals surface area contributed by atoms with Gasteiger partial charge in [-0.25, -0.2) is 0 Å². The number of piperidine rings is 1. The molecule has 1 amide bonds. The molecule has 6 heteroatoms. The molecule has 1 unspecified atom stereocenters. The van der Waals surface area contributed by atoms with Crippen molar-refractivity contribution in [2.24, 2.45) is 0 Å². The molecule has 21 heavy (non-hydrogen) atoms. The third kappa shape index (κ3) is 3.60. The number of amides is 1. The molecule has 1 saturated heterocycles. The van der Waals surface area contributed by atoms with Gasteiger partial charge in [0.05, 0.1) is 0 Å². The molecular weight excluding hydrogens is 292 g/mol. The largest absolute Gasteiger partial charge is 0.485 e. The summed E-state index contributed by atoms with van der Waals surface area (Å²) in [5.41, 5.74) is -0.150. The molecule has 2 N–H and O–H groups in total. The number of benzene rings is 1. The van der Waals surface area contributed by atoms with Crippen LogP contribution < -0.4 is 20.1 Å². The Bertz CT molecular complexity index is 503. The van der Waals surface area contributed by atoms with Crippen molar-refractivity contribution in [2.75, 3.05) is 19.7 Å². The number of rotatable bonds is 2. The maximum atomic E-state index is 12.3. The van der Waals surface area contributed by atoms with Gasteiger partial charge in [-0.05, 0) is 45.0 Å². The van der Waals surface area contributed by atoms with E-state index < -0.39 is 6.10 Å². The van der Waals surface area contributed by atoms with Crippen LogP contribution in [-0.4, -0.2) is 37.2 Å². The van der Waals surface area contributed by atoms with E-state index in [-0.39, 0.29) is 30.5 Å². The SMILES string of the molecule is CC1(NC(=O)C2COc3ccccc3O2)CCNCC1.Cl. The van der Waals surface area contributed by atoms with Gasteiger partial charge < -0.3 is 20.1 Å². The van der Waals surface area contributed by atoms with Crippen molar-refractivity contribution in [1.29, 1.82) is 0 Å². The minimum atomic E-state index is -0.573. The van der Waals surface area contributed by atoms with Crippen LogP contribution in [-0.2, 0) is 4.79 Å². The summed E-state index contributed by atoms with van der Waals surface area (Å²) in [6.07, 6.45) is 1.29. The highest BCUT2D eigenvalue weighted by atomic mass is 35.5. The molecule has 3 rings (SSSR count). The summed E-state index contributed by atoms with van der Waals surface area (Å²) in [6, 6.07) is 7.42. The van der Waals surface area contributed by atoms with Gasteiger partial charge in [-0.2, -0.15) is 0 Å². The molecule has 1 fully saturated rings. The number of hydrogen-bond acceptors (Lipinski definition) is 4. The maximum Gasteiger partial charge on any atom is 0.265 e. The van der Waals surface area contributed by atoms with Crippen molar-refractivity contribution in [3.05, 3.63) is 24.3 Å². The molecule has 2 aliphatic rings. The van der Waals surface area contributed by atoms with Gasteiger partial charge in [0.2, 0.25) is 6.10 Å². The van der Waals surface area contributed by atoms with Crippen molar-refractivity contribution in [1.82, 2.24) is 10.6 Å². The summed E-state index contributed by atoms with van der Waals surface area (Å²) in [7, 11) is 0. The molecule has 1 aromatic rings. The lowest BCUT2D eigenvalue weighted by molar-refractivity contribution is -0.132. The first-order valence-corrected chi connectivity index (χ1v) is 7.08. The Hall–Kier alpha value is -1.46. The second-order valence-corrected chi connectivity index (χ2v) is 5.66. The molecule has 5 nitrogen and oxygen atoms in total. The molecule has 0 aromatic heterocycles. The van der Waals surface area contributed by atoms with Crippen LogP contribution in [0.4, 0.5) is 0 Å². The minimum Gasteiger partial charge on any atom is -0.485 e. The highest BCUT2D eigenvalue weighted by Crippen LogP contribution is 2.31. The number of nitrogens with one attached hydrogen (secondary N) is 2. The van der Waals surface area contributed by atoms with Gasteiger partial charge in [0.1, 0.15) is 6.61 Å². The number of para-hydroxylation sites is 2. The smallest absolute Gasteiger partial charge is 0.265 e. The van der Waals surface area contributed by atoms with Crippen LogP contribution >= 0.6 is 12.4 Å². The van der Waals surface area contributed by atoms with Gasteiger partial charge in [-0.1, -0.05) is 12.1 Å². The first-order valence-electron chi connectivity index (χ1n) is 7.08. The molecule has 0 bridgehead atoms. The molecule has 2 heterocycles. The van der Waals surface area contributed by atoms with Gasteiger partial charge in [0, 0.05) is 5.54 Å². The molecule has 0 aliphatic carbocycles. The predicted molar refractivity (Wildman–Crippen MR) is 82.3 cm³/mol. The van der Waals surface area contributed by atoms with E-state index in [2.05, 4.69) is 17.6 Å². The van der Waals surface area contributed by atoms with Crippen LogP contribution in [0, 0.1) is 0 Å². The first kappa shape index (κ1) is 15.9. The highest BCUT2D eigenvalue weighted by Gasteiger charge is 2.34. The van der Waals surface area contributed by atoms with E-state index in [1.165, 1.54) is 0 Å². The normalized spacial score (nSPS) is 22.8. The topological polar surface area (TPSA) is 59.6 Å². The van der Waals surface area contributed by atoms with E-state index in [1.807, 2.05) is 24.3 Å². The highest BCUT2D eigenvalue weighted by molar-refractivity contribution is 5.85. The first-order chi connectivity index (χ1) is 9.66. The Morgan fingerprint density at radius 2 is 1.95 bits per heavy atom. The zero-order chi connectivity index (χ0) is 14.0. The number of carbonyl (C=O) groups is 1. The third-order valence-electron chi connectivity index (χ3n) is 3.93. The van der Waals surface area contributed by atoms with E-state index in [1.54, 1.807) is 0 Å². The summed E-state index contributed by atoms with van der Waals surface area (Å²) >= 11 is 0. The lowest BCUT2D eigenvalue weighted by Gasteiger charge is -2.36. The Kier molecular flexibility index (Phi) is 4.96. The summed E-state index contributed by atoms with van der Waals surface area (Å²) < 4.78 is 11.3. The summed E-state index contributed by atoms with van der Waals surface area (Å²) in [6.45, 7) is 4.21. The predicted octanol–water partition coefficient (Wildman–Crippen LogP) is 1.51. The number of carbonyl (C=O) groups excluding carboxylic acids is 1. The van der Waals surface area contributed by atoms with Gasteiger partial charge >= 0.3 is 0 Å². The minimum absolute atomic E-state index is 0. The molecular formula is C15H21ClN2O3. The van der Waals surface area contributed by atoms with Crippen LogP contribution in [0.25, 0.3) is 0 Å². The van der Waals surface area contributed by atoms with Crippen LogP contribution in [0.3, 0.4) is 0 Å². The average Bonchev–Trinajstić information content (AvgIpc) is 2.47. The molecule has 0 radical (unpaired) electrons. The molecule has 1 aromatic carbocycles. The van der Waals surface area contributed by atoms with Crippen LogP contribution in [0.1, 0.15) is 19.8 Å². The van der Waals surface area contributed by atoms with Crippen LogP contribution in [0.2, 0.25) is 0 Å². The molecule has 1 atom stereocenters. The molecule has 2 aliphatic heterocycles. The monoisotopic (exact) mass is 312 g/mol. The Morgan fingerprint density at radius 1 is 1.29 bits per heavy atom. The van der Waals surface area contributed by atoms with Crippen molar-refractivity contribution in [3.8, 4) is 11.5 Å². The standard InChI is InChI=1S/C15H20N2O3.ClH/c1-15(6-8-16-9-7-15)17-14(18)13-10-19-11-4-2-3-5-12(11)20-13;/h2-5,13,16H,6-10H2,1H3,(H,17,18);1H. The Balaban J connectivity index is 0.00000161. The van der Waals surface area contributed by atoms with E-state index >= 15 is 0 Å². The van der Waals surface area contributed by atoms with Gasteiger partial charge in [0.15, 0.2) is 11.5 Å². The van der Waals surface area contributed by atoms with E-state index in [4.69, 9.17) is 9.47 Å². The summed E-state index contributed by atoms with van der Waals surface area (Å²) in [5.74, 6) is 1.24. The van der Waals surface area contributed by atoms with Crippen molar-refractivity contribution >= 4 is 18.3 Å². The fourth-order valence-corrected chi connectivity index (χ4v) is 2.63. The van der Waals surface area contributed by atoms with Crippen LogP contribution in [0.5, 0.6) is 11.5 Å². The third-order valence-corrected chi connectivity index (χ3v) is 3.93. The lowest BCUT2D eigenvalue weighted by atomic mass is 9.90. The lowest BCUT2D eigenvalue weighted by Crippen LogP contribution is -2.56. The fraction of sp³-hybridized carbons (Fsp3) is 0.533. The Labute approximate surface area is 130 Å². The van der Waals surface area contributed by atoms with Crippen molar-refractivity contribution in [2.45, 2.75) is 31.4 Å². The van der Waals surface area contributed by atoms with E-state index in [0.717, 1.165) is 25.9 Å². The number of fused-ring (bicyclic) bond motifs is 1. The van der Waals surface area contributed by atoms with Crippen molar-refractivity contribution < 1.29 is 14.3 Å². The average molecular weight is 313 g/mol. The van der Waals surface area contributed by atoms with E-state index in [0.29, 0.717) is 11.5 Å². The summed E-state index contributed by atoms with van der Waals surface area (Å²) in [5, 5.41) is 6.41. The second kappa shape index (κ2) is 6.54. The van der Waals surface area contributed by atoms with Gasteiger partial charge in [0.25, 0.3) is 5.91 Å². The molecule has 0 saturated carbocycles. The van der Waals surface area contributed by atoms with Crippen LogP contribution in [0.15, 0.2) is 24.3 Å². The fourth-order valence-electron chi connectivity index (χ4n) is 2.63. The number of hydrogen-bond donors (Lipinski definition) is 2. The number of halogens is 1. The molecule has 116 valence electrons. The van der Waals surface area contributed by atoms with Gasteiger partial charge in [-0.3, -0.25) is 4.79 Å². The maximum absolute atomic E-state index is 12.3. The quantitative estimate of drug-likeness (QED) is 0.869. The van der Waals surface area contributed by atoms with Crippen molar-refractivity contribution in [3.63, 3.8) is 0 Å². The zero-order valence-electron chi connectivity index (χ0n) is 12.1. The second-order valence-electron chi connectivity index (χ2n) is 5.66. The summed E-state index contributed by atoms with van der Waals surface area (Å²) in [4.78, 5) is 12.3. The molecule has 0 spiro atoms.